The molecule has 2 aromatic carbocycles. The summed E-state index contributed by atoms with van der Waals surface area (Å²) in [5, 5.41) is 3.63. The Morgan fingerprint density at radius 3 is 2.48 bits per heavy atom. The standard InChI is InChI=1S/C19H16F3N3O2/c20-19(21,22)16-9-5-4-6-13(16)11-23-24-18(27)14-10-17(26)25(12-14)15-7-2-1-3-8-15/h1-9,11,14H,10,12H2,(H,24,27)/b23-11+. The molecule has 0 aromatic heterocycles. The van der Waals surface area contributed by atoms with Crippen LogP contribution in [0, 0.1) is 5.92 Å². The summed E-state index contributed by atoms with van der Waals surface area (Å²) in [5.74, 6) is -1.32. The number of nitrogens with one attached hydrogen (secondary N) is 1. The number of halogens is 3. The molecular weight excluding hydrogens is 359 g/mol. The number of benzene rings is 2. The maximum Gasteiger partial charge on any atom is 0.417 e. The van der Waals surface area contributed by atoms with Crippen molar-refractivity contribution in [1.82, 2.24) is 5.43 Å². The van der Waals surface area contributed by atoms with E-state index in [4.69, 9.17) is 0 Å². The van der Waals surface area contributed by atoms with Gasteiger partial charge in [0.25, 0.3) is 0 Å². The molecule has 2 amide bonds. The van der Waals surface area contributed by atoms with Crippen molar-refractivity contribution in [2.24, 2.45) is 11.0 Å². The lowest BCUT2D eigenvalue weighted by atomic mass is 10.1. The van der Waals surface area contributed by atoms with Gasteiger partial charge in [0.1, 0.15) is 0 Å². The van der Waals surface area contributed by atoms with Crippen LogP contribution in [-0.4, -0.2) is 24.6 Å². The van der Waals surface area contributed by atoms with Gasteiger partial charge in [0.15, 0.2) is 0 Å². The summed E-state index contributed by atoms with van der Waals surface area (Å²) in [5.41, 5.74) is 1.93. The zero-order valence-corrected chi connectivity index (χ0v) is 14.1. The first kappa shape index (κ1) is 18.6. The van der Waals surface area contributed by atoms with Gasteiger partial charge in [-0.1, -0.05) is 36.4 Å². The summed E-state index contributed by atoms with van der Waals surface area (Å²) in [6, 6.07) is 13.9. The van der Waals surface area contributed by atoms with Crippen LogP contribution >= 0.6 is 0 Å². The number of hydrazone groups is 1. The monoisotopic (exact) mass is 375 g/mol. The molecule has 0 bridgehead atoms. The molecule has 1 unspecified atom stereocenters. The van der Waals surface area contributed by atoms with E-state index in [1.807, 2.05) is 6.07 Å². The van der Waals surface area contributed by atoms with E-state index in [0.717, 1.165) is 12.3 Å². The van der Waals surface area contributed by atoms with Gasteiger partial charge < -0.3 is 4.90 Å². The maximum absolute atomic E-state index is 12.9. The number of alkyl halides is 3. The molecule has 5 nitrogen and oxygen atoms in total. The molecule has 1 aliphatic rings. The molecule has 1 saturated heterocycles. The first-order chi connectivity index (χ1) is 12.9. The van der Waals surface area contributed by atoms with E-state index in [-0.39, 0.29) is 24.4 Å². The summed E-state index contributed by atoms with van der Waals surface area (Å²) in [7, 11) is 0. The maximum atomic E-state index is 12.9. The fourth-order valence-corrected chi connectivity index (χ4v) is 2.87. The summed E-state index contributed by atoms with van der Waals surface area (Å²) in [6.45, 7) is 0.198. The zero-order chi connectivity index (χ0) is 19.4. The number of hydrogen-bond donors (Lipinski definition) is 1. The second-order valence-corrected chi connectivity index (χ2v) is 6.06. The highest BCUT2D eigenvalue weighted by Gasteiger charge is 2.35. The normalized spacial score (nSPS) is 17.5. The number of carbonyl (C=O) groups excluding carboxylic acids is 2. The van der Waals surface area contributed by atoms with Gasteiger partial charge in [0.05, 0.1) is 17.7 Å². The molecular formula is C19H16F3N3O2. The van der Waals surface area contributed by atoms with Crippen LogP contribution in [-0.2, 0) is 15.8 Å². The molecule has 1 atom stereocenters. The largest absolute Gasteiger partial charge is 0.417 e. The average Bonchev–Trinajstić information content (AvgIpc) is 3.04. The second kappa shape index (κ2) is 7.61. The van der Waals surface area contributed by atoms with E-state index < -0.39 is 23.6 Å². The molecule has 1 aliphatic heterocycles. The van der Waals surface area contributed by atoms with Crippen LogP contribution in [0.4, 0.5) is 18.9 Å². The van der Waals surface area contributed by atoms with Gasteiger partial charge in [-0.25, -0.2) is 5.43 Å². The number of nitrogens with zero attached hydrogens (tertiary/aromatic N) is 2. The van der Waals surface area contributed by atoms with E-state index in [1.54, 1.807) is 24.3 Å². The van der Waals surface area contributed by atoms with Crippen LogP contribution < -0.4 is 10.3 Å². The van der Waals surface area contributed by atoms with Crippen molar-refractivity contribution in [3.05, 3.63) is 65.7 Å². The van der Waals surface area contributed by atoms with E-state index in [1.165, 1.54) is 23.1 Å². The highest BCUT2D eigenvalue weighted by molar-refractivity contribution is 6.00. The molecule has 8 heteroatoms. The van der Waals surface area contributed by atoms with Crippen LogP contribution in [0.1, 0.15) is 17.5 Å². The molecule has 0 aliphatic carbocycles. The van der Waals surface area contributed by atoms with Crippen molar-refractivity contribution in [2.75, 3.05) is 11.4 Å². The Morgan fingerprint density at radius 2 is 1.78 bits per heavy atom. The van der Waals surface area contributed by atoms with Crippen molar-refractivity contribution in [1.29, 1.82) is 0 Å². The Bertz CT molecular complexity index is 866. The van der Waals surface area contributed by atoms with Gasteiger partial charge in [0.2, 0.25) is 11.8 Å². The number of amides is 2. The first-order valence-corrected chi connectivity index (χ1v) is 8.21. The lowest BCUT2D eigenvalue weighted by Gasteiger charge is -2.16. The third kappa shape index (κ3) is 4.33. The van der Waals surface area contributed by atoms with Gasteiger partial charge in [-0.2, -0.15) is 18.3 Å². The third-order valence-electron chi connectivity index (χ3n) is 4.21. The Balaban J connectivity index is 1.64. The molecule has 27 heavy (non-hydrogen) atoms. The summed E-state index contributed by atoms with van der Waals surface area (Å²) in [6.07, 6.45) is -3.54. The van der Waals surface area contributed by atoms with Crippen LogP contribution in [0.3, 0.4) is 0 Å². The van der Waals surface area contributed by atoms with Gasteiger partial charge in [-0.05, 0) is 18.2 Å². The van der Waals surface area contributed by atoms with Crippen molar-refractivity contribution in [3.8, 4) is 0 Å². The van der Waals surface area contributed by atoms with Crippen LogP contribution in [0.15, 0.2) is 59.7 Å². The van der Waals surface area contributed by atoms with Crippen molar-refractivity contribution >= 4 is 23.7 Å². The van der Waals surface area contributed by atoms with Crippen LogP contribution in [0.2, 0.25) is 0 Å². The molecule has 1 heterocycles. The molecule has 1 N–H and O–H groups in total. The number of hydrogen-bond acceptors (Lipinski definition) is 3. The number of carbonyl (C=O) groups is 2. The number of anilines is 1. The molecule has 0 saturated carbocycles. The zero-order valence-electron chi connectivity index (χ0n) is 14.1. The summed E-state index contributed by atoms with van der Waals surface area (Å²) in [4.78, 5) is 25.8. The molecule has 1 fully saturated rings. The smallest absolute Gasteiger partial charge is 0.312 e. The van der Waals surface area contributed by atoms with Gasteiger partial charge in [0, 0.05) is 24.2 Å². The fourth-order valence-electron chi connectivity index (χ4n) is 2.87. The molecule has 2 aromatic rings. The van der Waals surface area contributed by atoms with Crippen molar-refractivity contribution in [3.63, 3.8) is 0 Å². The Morgan fingerprint density at radius 1 is 1.11 bits per heavy atom. The minimum absolute atomic E-state index is 0.0232. The number of rotatable bonds is 4. The number of para-hydroxylation sites is 1. The quantitative estimate of drug-likeness (QED) is 0.659. The minimum atomic E-state index is -4.51. The van der Waals surface area contributed by atoms with Gasteiger partial charge in [-0.3, -0.25) is 9.59 Å². The van der Waals surface area contributed by atoms with E-state index in [2.05, 4.69) is 10.5 Å². The topological polar surface area (TPSA) is 61.8 Å². The third-order valence-corrected chi connectivity index (χ3v) is 4.21. The second-order valence-electron chi connectivity index (χ2n) is 6.06. The van der Waals surface area contributed by atoms with Crippen LogP contribution in [0.5, 0.6) is 0 Å². The van der Waals surface area contributed by atoms with Gasteiger partial charge in [-0.15, -0.1) is 0 Å². The predicted molar refractivity (Wildman–Crippen MR) is 94.1 cm³/mol. The van der Waals surface area contributed by atoms with Crippen LogP contribution in [0.25, 0.3) is 0 Å². The lowest BCUT2D eigenvalue weighted by Crippen LogP contribution is -2.30. The lowest BCUT2D eigenvalue weighted by molar-refractivity contribution is -0.137. The van der Waals surface area contributed by atoms with E-state index >= 15 is 0 Å². The molecule has 0 radical (unpaired) electrons. The van der Waals surface area contributed by atoms with E-state index in [0.29, 0.717) is 5.69 Å². The highest BCUT2D eigenvalue weighted by atomic mass is 19.4. The van der Waals surface area contributed by atoms with Crippen molar-refractivity contribution < 1.29 is 22.8 Å². The predicted octanol–water partition coefficient (Wildman–Crippen LogP) is 3.21. The SMILES string of the molecule is O=C(N/N=C/c1ccccc1C(F)(F)F)C1CC(=O)N(c2ccccc2)C1. The Labute approximate surface area is 153 Å². The van der Waals surface area contributed by atoms with E-state index in [9.17, 15) is 22.8 Å². The fraction of sp³-hybridized carbons (Fsp3) is 0.211. The first-order valence-electron chi connectivity index (χ1n) is 8.21. The average molecular weight is 375 g/mol. The van der Waals surface area contributed by atoms with Crippen molar-refractivity contribution in [2.45, 2.75) is 12.6 Å². The molecule has 0 spiro atoms. The Kier molecular flexibility index (Phi) is 5.25. The molecule has 140 valence electrons. The molecule has 3 rings (SSSR count). The highest BCUT2D eigenvalue weighted by Crippen LogP contribution is 2.31. The minimum Gasteiger partial charge on any atom is -0.312 e. The van der Waals surface area contributed by atoms with Gasteiger partial charge >= 0.3 is 6.18 Å². The summed E-state index contributed by atoms with van der Waals surface area (Å²) >= 11 is 0. The summed E-state index contributed by atoms with van der Waals surface area (Å²) < 4.78 is 38.8. The Hall–Kier alpha value is -3.16.